The first-order valence-electron chi connectivity index (χ1n) is 6.69. The lowest BCUT2D eigenvalue weighted by Crippen LogP contribution is -2.50. The third-order valence-corrected chi connectivity index (χ3v) is 3.54. The Labute approximate surface area is 111 Å². The number of hydrogen-bond donors (Lipinski definition) is 1. The number of amides is 1. The van der Waals surface area contributed by atoms with E-state index < -0.39 is 5.41 Å². The van der Waals surface area contributed by atoms with Gasteiger partial charge in [-0.2, -0.15) is 5.26 Å². The number of nitrogens with zero attached hydrogens (tertiary/aromatic N) is 2. The standard InChI is InChI=1S/C14H27N3O/c1-7-14(8-2,10-15)13(18)16-12(11(3)4)9-17(5)6/h11-12H,7-9H2,1-6H3,(H,16,18). The molecule has 0 radical (unpaired) electrons. The van der Waals surface area contributed by atoms with Crippen LogP contribution in [0.1, 0.15) is 40.5 Å². The van der Waals surface area contributed by atoms with Crippen LogP contribution in [0.15, 0.2) is 0 Å². The largest absolute Gasteiger partial charge is 0.350 e. The number of likely N-dealkylation sites (N-methyl/N-ethyl adjacent to an activating group) is 1. The van der Waals surface area contributed by atoms with Crippen molar-refractivity contribution < 1.29 is 4.79 Å². The molecule has 1 N–H and O–H groups in total. The van der Waals surface area contributed by atoms with Gasteiger partial charge >= 0.3 is 0 Å². The molecule has 1 amide bonds. The summed E-state index contributed by atoms with van der Waals surface area (Å²) in [5.41, 5.74) is -0.876. The Balaban J connectivity index is 4.84. The molecular formula is C14H27N3O. The minimum atomic E-state index is -0.876. The minimum absolute atomic E-state index is 0.0818. The molecule has 0 aliphatic rings. The summed E-state index contributed by atoms with van der Waals surface area (Å²) in [6.45, 7) is 8.74. The maximum Gasteiger partial charge on any atom is 0.240 e. The molecule has 1 unspecified atom stereocenters. The Hall–Kier alpha value is -1.08. The predicted molar refractivity (Wildman–Crippen MR) is 74.0 cm³/mol. The molecule has 4 heteroatoms. The van der Waals surface area contributed by atoms with Crippen molar-refractivity contribution in [2.24, 2.45) is 11.3 Å². The molecule has 0 aliphatic heterocycles. The Bertz CT molecular complexity index is 301. The van der Waals surface area contributed by atoms with E-state index in [0.717, 1.165) is 6.54 Å². The van der Waals surface area contributed by atoms with Gasteiger partial charge in [0.05, 0.1) is 6.07 Å². The van der Waals surface area contributed by atoms with Crippen LogP contribution in [0, 0.1) is 22.7 Å². The van der Waals surface area contributed by atoms with E-state index in [1.165, 1.54) is 0 Å². The molecule has 0 spiro atoms. The Morgan fingerprint density at radius 3 is 2.11 bits per heavy atom. The van der Waals surface area contributed by atoms with E-state index in [-0.39, 0.29) is 11.9 Å². The number of carbonyl (C=O) groups excluding carboxylic acids is 1. The number of nitriles is 1. The molecule has 0 saturated heterocycles. The highest BCUT2D eigenvalue weighted by Crippen LogP contribution is 2.26. The lowest BCUT2D eigenvalue weighted by molar-refractivity contribution is -0.129. The zero-order valence-corrected chi connectivity index (χ0v) is 12.6. The van der Waals surface area contributed by atoms with Gasteiger partial charge in [0, 0.05) is 12.6 Å². The SMILES string of the molecule is CCC(C#N)(CC)C(=O)NC(CN(C)C)C(C)C. The highest BCUT2D eigenvalue weighted by Gasteiger charge is 2.36. The molecule has 0 bridgehead atoms. The first-order valence-corrected chi connectivity index (χ1v) is 6.69. The van der Waals surface area contributed by atoms with Crippen molar-refractivity contribution in [3.05, 3.63) is 0 Å². The summed E-state index contributed by atoms with van der Waals surface area (Å²) >= 11 is 0. The molecule has 4 nitrogen and oxygen atoms in total. The summed E-state index contributed by atoms with van der Waals surface area (Å²) < 4.78 is 0. The van der Waals surface area contributed by atoms with Crippen LogP contribution in [0.5, 0.6) is 0 Å². The van der Waals surface area contributed by atoms with Crippen LogP contribution in [-0.4, -0.2) is 37.5 Å². The van der Waals surface area contributed by atoms with Gasteiger partial charge < -0.3 is 10.2 Å². The fourth-order valence-corrected chi connectivity index (χ4v) is 1.90. The van der Waals surface area contributed by atoms with Gasteiger partial charge in [-0.25, -0.2) is 0 Å². The minimum Gasteiger partial charge on any atom is -0.350 e. The third-order valence-electron chi connectivity index (χ3n) is 3.54. The van der Waals surface area contributed by atoms with Crippen LogP contribution in [0.25, 0.3) is 0 Å². The van der Waals surface area contributed by atoms with Gasteiger partial charge in [-0.15, -0.1) is 0 Å². The molecule has 0 aromatic carbocycles. The van der Waals surface area contributed by atoms with E-state index in [4.69, 9.17) is 0 Å². The molecule has 0 aromatic heterocycles. The molecule has 0 aliphatic carbocycles. The number of carbonyl (C=O) groups is 1. The van der Waals surface area contributed by atoms with Crippen molar-refractivity contribution in [1.82, 2.24) is 10.2 Å². The van der Waals surface area contributed by atoms with Gasteiger partial charge in [-0.1, -0.05) is 27.7 Å². The molecule has 18 heavy (non-hydrogen) atoms. The normalized spacial score (nSPS) is 13.5. The first kappa shape index (κ1) is 16.9. The molecular weight excluding hydrogens is 226 g/mol. The van der Waals surface area contributed by atoms with Crippen LogP contribution in [0.2, 0.25) is 0 Å². The molecule has 0 fully saturated rings. The van der Waals surface area contributed by atoms with E-state index in [1.807, 2.05) is 27.9 Å². The summed E-state index contributed by atoms with van der Waals surface area (Å²) in [6.07, 6.45) is 1.11. The summed E-state index contributed by atoms with van der Waals surface area (Å²) in [6, 6.07) is 2.27. The maximum atomic E-state index is 12.3. The predicted octanol–water partition coefficient (Wildman–Crippen LogP) is 2.02. The smallest absolute Gasteiger partial charge is 0.240 e. The monoisotopic (exact) mass is 253 g/mol. The highest BCUT2D eigenvalue weighted by molar-refractivity contribution is 5.85. The van der Waals surface area contributed by atoms with Crippen molar-refractivity contribution in [3.8, 4) is 6.07 Å². The second kappa shape index (κ2) is 7.38. The van der Waals surface area contributed by atoms with E-state index in [9.17, 15) is 10.1 Å². The zero-order chi connectivity index (χ0) is 14.3. The summed E-state index contributed by atoms with van der Waals surface area (Å²) in [5.74, 6) is 0.219. The average Bonchev–Trinajstić information content (AvgIpc) is 2.30. The summed E-state index contributed by atoms with van der Waals surface area (Å²) in [7, 11) is 3.97. The maximum absolute atomic E-state index is 12.3. The van der Waals surface area contributed by atoms with Gasteiger partial charge in [0.25, 0.3) is 0 Å². The van der Waals surface area contributed by atoms with Gasteiger partial charge in [0.2, 0.25) is 5.91 Å². The lowest BCUT2D eigenvalue weighted by atomic mass is 9.82. The van der Waals surface area contributed by atoms with Crippen molar-refractivity contribution in [2.75, 3.05) is 20.6 Å². The molecule has 0 aromatic rings. The topological polar surface area (TPSA) is 56.1 Å². The van der Waals surface area contributed by atoms with Crippen molar-refractivity contribution >= 4 is 5.91 Å². The Morgan fingerprint density at radius 2 is 1.83 bits per heavy atom. The van der Waals surface area contributed by atoms with E-state index in [0.29, 0.717) is 18.8 Å². The van der Waals surface area contributed by atoms with E-state index in [2.05, 4.69) is 30.1 Å². The molecule has 0 rings (SSSR count). The number of nitrogens with one attached hydrogen (secondary N) is 1. The first-order chi connectivity index (χ1) is 8.32. The quantitative estimate of drug-likeness (QED) is 0.755. The average molecular weight is 253 g/mol. The summed E-state index contributed by atoms with van der Waals surface area (Å²) in [4.78, 5) is 14.4. The van der Waals surface area contributed by atoms with Gasteiger partial charge in [-0.05, 0) is 32.9 Å². The molecule has 104 valence electrons. The van der Waals surface area contributed by atoms with Crippen molar-refractivity contribution in [2.45, 2.75) is 46.6 Å². The molecule has 0 saturated carbocycles. The van der Waals surface area contributed by atoms with Crippen LogP contribution >= 0.6 is 0 Å². The van der Waals surface area contributed by atoms with E-state index >= 15 is 0 Å². The number of hydrogen-bond acceptors (Lipinski definition) is 3. The third kappa shape index (κ3) is 4.30. The van der Waals surface area contributed by atoms with Gasteiger partial charge in [0.1, 0.15) is 5.41 Å². The van der Waals surface area contributed by atoms with Crippen LogP contribution in [0.4, 0.5) is 0 Å². The fourth-order valence-electron chi connectivity index (χ4n) is 1.90. The zero-order valence-electron chi connectivity index (χ0n) is 12.6. The summed E-state index contributed by atoms with van der Waals surface area (Å²) in [5, 5.41) is 12.3. The Kier molecular flexibility index (Phi) is 6.93. The van der Waals surface area contributed by atoms with Crippen molar-refractivity contribution in [1.29, 1.82) is 5.26 Å². The highest BCUT2D eigenvalue weighted by atomic mass is 16.2. The van der Waals surface area contributed by atoms with E-state index in [1.54, 1.807) is 0 Å². The van der Waals surface area contributed by atoms with Crippen molar-refractivity contribution in [3.63, 3.8) is 0 Å². The molecule has 0 heterocycles. The fraction of sp³-hybridized carbons (Fsp3) is 0.857. The van der Waals surface area contributed by atoms with Crippen LogP contribution in [-0.2, 0) is 4.79 Å². The lowest BCUT2D eigenvalue weighted by Gasteiger charge is -2.30. The second-order valence-corrected chi connectivity index (χ2v) is 5.49. The molecule has 1 atom stereocenters. The second-order valence-electron chi connectivity index (χ2n) is 5.49. The van der Waals surface area contributed by atoms with Crippen LogP contribution < -0.4 is 5.32 Å². The number of rotatable bonds is 7. The Morgan fingerprint density at radius 1 is 1.33 bits per heavy atom. The van der Waals surface area contributed by atoms with Crippen LogP contribution in [0.3, 0.4) is 0 Å². The van der Waals surface area contributed by atoms with Gasteiger partial charge in [-0.3, -0.25) is 4.79 Å². The van der Waals surface area contributed by atoms with Gasteiger partial charge in [0.15, 0.2) is 0 Å².